The van der Waals surface area contributed by atoms with Gasteiger partial charge in [-0.15, -0.1) is 0 Å². The number of rotatable bonds is 3. The molecule has 0 unspecified atom stereocenters. The van der Waals surface area contributed by atoms with E-state index in [-0.39, 0.29) is 10.1 Å². The second-order valence-corrected chi connectivity index (χ2v) is 6.42. The van der Waals surface area contributed by atoms with E-state index in [0.717, 1.165) is 16.8 Å². The van der Waals surface area contributed by atoms with Crippen LogP contribution in [0.5, 0.6) is 0 Å². The lowest BCUT2D eigenvalue weighted by atomic mass is 10.2. The van der Waals surface area contributed by atoms with Gasteiger partial charge in [-0.05, 0) is 48.1 Å². The number of thioether (sulfide) groups is 1. The number of carbonyl (C=O) groups is 2. The minimum absolute atomic E-state index is 0.218. The Labute approximate surface area is 146 Å². The number of carbonyl (C=O) groups excluding carboxylic acids is 2. The van der Waals surface area contributed by atoms with E-state index in [0.29, 0.717) is 16.0 Å². The van der Waals surface area contributed by atoms with Gasteiger partial charge in [-0.2, -0.15) is 5.01 Å². The van der Waals surface area contributed by atoms with Crippen LogP contribution in [0.25, 0.3) is 6.08 Å². The third-order valence-corrected chi connectivity index (χ3v) is 4.42. The highest BCUT2D eigenvalue weighted by Crippen LogP contribution is 2.31. The van der Waals surface area contributed by atoms with Crippen molar-refractivity contribution < 1.29 is 14.0 Å². The molecule has 0 atom stereocenters. The van der Waals surface area contributed by atoms with Gasteiger partial charge in [-0.25, -0.2) is 4.39 Å². The summed E-state index contributed by atoms with van der Waals surface area (Å²) in [6.45, 7) is 0. The summed E-state index contributed by atoms with van der Waals surface area (Å²) in [5, 5.41) is 1.03. The molecule has 0 saturated carbocycles. The fourth-order valence-electron chi connectivity index (χ4n) is 1.94. The van der Waals surface area contributed by atoms with E-state index in [2.05, 4.69) is 10.4 Å². The Bertz CT molecular complexity index is 838. The molecule has 1 N–H and O–H groups in total. The molecule has 1 fully saturated rings. The van der Waals surface area contributed by atoms with E-state index in [1.54, 1.807) is 18.2 Å². The lowest BCUT2D eigenvalue weighted by Gasteiger charge is -2.15. The topological polar surface area (TPSA) is 62.3 Å². The van der Waals surface area contributed by atoms with Gasteiger partial charge in [-0.3, -0.25) is 20.0 Å². The maximum atomic E-state index is 12.9. The smallest absolute Gasteiger partial charge is 0.267 e. The van der Waals surface area contributed by atoms with E-state index < -0.39 is 11.8 Å². The number of nitrogens with one attached hydrogen (secondary N) is 1. The summed E-state index contributed by atoms with van der Waals surface area (Å²) in [5.74, 6) is -1.25. The Morgan fingerprint density at radius 3 is 2.54 bits per heavy atom. The first kappa shape index (κ1) is 16.3. The SMILES string of the molecule is O=C(NN1C(=O)C(=Cc2ccc(F)cc2)SC1=S)c1ccncc1. The number of benzene rings is 1. The van der Waals surface area contributed by atoms with Gasteiger partial charge in [0.15, 0.2) is 4.32 Å². The number of hydrazine groups is 1. The van der Waals surface area contributed by atoms with Crippen molar-refractivity contribution >= 4 is 46.2 Å². The van der Waals surface area contributed by atoms with Crippen LogP contribution in [0, 0.1) is 5.82 Å². The zero-order chi connectivity index (χ0) is 17.1. The fourth-order valence-corrected chi connectivity index (χ4v) is 3.12. The minimum atomic E-state index is -0.461. The largest absolute Gasteiger partial charge is 0.285 e. The highest BCUT2D eigenvalue weighted by atomic mass is 32.2. The first-order chi connectivity index (χ1) is 11.5. The Kier molecular flexibility index (Phi) is 4.68. The fraction of sp³-hybridized carbons (Fsp3) is 0. The molecule has 2 amide bonds. The molecule has 1 aromatic carbocycles. The minimum Gasteiger partial charge on any atom is -0.267 e. The van der Waals surface area contributed by atoms with Crippen molar-refractivity contribution in [1.82, 2.24) is 15.4 Å². The van der Waals surface area contributed by atoms with Crippen LogP contribution in [0.3, 0.4) is 0 Å². The summed E-state index contributed by atoms with van der Waals surface area (Å²) >= 11 is 6.21. The van der Waals surface area contributed by atoms with Crippen molar-refractivity contribution in [1.29, 1.82) is 0 Å². The number of aromatic nitrogens is 1. The second kappa shape index (κ2) is 6.90. The predicted octanol–water partition coefficient (Wildman–Crippen LogP) is 2.77. The van der Waals surface area contributed by atoms with Gasteiger partial charge in [-0.1, -0.05) is 23.9 Å². The van der Waals surface area contributed by atoms with Crippen molar-refractivity contribution in [2.45, 2.75) is 0 Å². The molecule has 1 aromatic heterocycles. The van der Waals surface area contributed by atoms with Gasteiger partial charge in [0, 0.05) is 18.0 Å². The van der Waals surface area contributed by atoms with Crippen LogP contribution >= 0.6 is 24.0 Å². The van der Waals surface area contributed by atoms with E-state index in [1.807, 2.05) is 0 Å². The predicted molar refractivity (Wildman–Crippen MR) is 93.1 cm³/mol. The molecular formula is C16H10FN3O2S2. The molecule has 8 heteroatoms. The quantitative estimate of drug-likeness (QED) is 0.674. The van der Waals surface area contributed by atoms with E-state index in [9.17, 15) is 14.0 Å². The van der Waals surface area contributed by atoms with Crippen LogP contribution in [0.15, 0.2) is 53.7 Å². The van der Waals surface area contributed by atoms with Crippen molar-refractivity contribution in [3.63, 3.8) is 0 Å². The highest BCUT2D eigenvalue weighted by Gasteiger charge is 2.33. The van der Waals surface area contributed by atoms with Gasteiger partial charge < -0.3 is 0 Å². The number of nitrogens with zero attached hydrogens (tertiary/aromatic N) is 2. The first-order valence-corrected chi connectivity index (χ1v) is 8.01. The first-order valence-electron chi connectivity index (χ1n) is 6.79. The zero-order valence-electron chi connectivity index (χ0n) is 12.1. The standard InChI is InChI=1S/C16H10FN3O2S2/c17-12-3-1-10(2-4-12)9-13-15(22)20(16(23)24-13)19-14(21)11-5-7-18-8-6-11/h1-9H,(H,19,21). The van der Waals surface area contributed by atoms with E-state index in [1.165, 1.54) is 36.7 Å². The Balaban J connectivity index is 1.77. The molecule has 0 aliphatic carbocycles. The average Bonchev–Trinajstić information content (AvgIpc) is 2.85. The molecule has 0 bridgehead atoms. The molecule has 3 rings (SSSR count). The average molecular weight is 359 g/mol. The van der Waals surface area contributed by atoms with E-state index >= 15 is 0 Å². The van der Waals surface area contributed by atoms with E-state index in [4.69, 9.17) is 12.2 Å². The molecule has 1 aliphatic rings. The highest BCUT2D eigenvalue weighted by molar-refractivity contribution is 8.26. The normalized spacial score (nSPS) is 15.9. The lowest BCUT2D eigenvalue weighted by Crippen LogP contribution is -2.44. The van der Waals surface area contributed by atoms with Crippen LogP contribution in [0.4, 0.5) is 4.39 Å². The monoisotopic (exact) mass is 359 g/mol. The second-order valence-electron chi connectivity index (χ2n) is 4.75. The zero-order valence-corrected chi connectivity index (χ0v) is 13.7. The van der Waals surface area contributed by atoms with Crippen LogP contribution in [-0.4, -0.2) is 26.1 Å². The maximum absolute atomic E-state index is 12.9. The molecule has 120 valence electrons. The van der Waals surface area contributed by atoms with Gasteiger partial charge in [0.25, 0.3) is 11.8 Å². The molecule has 0 spiro atoms. The van der Waals surface area contributed by atoms with Gasteiger partial charge in [0.2, 0.25) is 0 Å². The van der Waals surface area contributed by atoms with Crippen molar-refractivity contribution in [3.05, 3.63) is 70.6 Å². The number of thiocarbonyl (C=S) groups is 1. The number of pyridine rings is 1. The summed E-state index contributed by atoms with van der Waals surface area (Å²) < 4.78 is 13.2. The molecular weight excluding hydrogens is 349 g/mol. The van der Waals surface area contributed by atoms with Crippen molar-refractivity contribution in [3.8, 4) is 0 Å². The maximum Gasteiger partial charge on any atom is 0.285 e. The van der Waals surface area contributed by atoms with Crippen LogP contribution < -0.4 is 5.43 Å². The van der Waals surface area contributed by atoms with Crippen molar-refractivity contribution in [2.24, 2.45) is 0 Å². The van der Waals surface area contributed by atoms with Gasteiger partial charge in [0.1, 0.15) is 5.82 Å². The summed E-state index contributed by atoms with van der Waals surface area (Å²) in [5.41, 5.74) is 3.50. The summed E-state index contributed by atoms with van der Waals surface area (Å²) in [7, 11) is 0. The molecule has 2 aromatic rings. The molecule has 24 heavy (non-hydrogen) atoms. The summed E-state index contributed by atoms with van der Waals surface area (Å²) in [6, 6.07) is 8.77. The number of halogens is 1. The number of hydrogen-bond donors (Lipinski definition) is 1. The van der Waals surface area contributed by atoms with Gasteiger partial charge in [0.05, 0.1) is 4.91 Å². The van der Waals surface area contributed by atoms with Gasteiger partial charge >= 0.3 is 0 Å². The molecule has 1 aliphatic heterocycles. The molecule has 1 saturated heterocycles. The molecule has 0 radical (unpaired) electrons. The van der Waals surface area contributed by atoms with Crippen LogP contribution in [0.1, 0.15) is 15.9 Å². The third kappa shape index (κ3) is 3.50. The summed E-state index contributed by atoms with van der Waals surface area (Å²) in [4.78, 5) is 28.7. The van der Waals surface area contributed by atoms with Crippen LogP contribution in [0.2, 0.25) is 0 Å². The molecule has 5 nitrogen and oxygen atoms in total. The Hall–Kier alpha value is -2.58. The third-order valence-electron chi connectivity index (χ3n) is 3.12. The van der Waals surface area contributed by atoms with Crippen LogP contribution in [-0.2, 0) is 4.79 Å². The van der Waals surface area contributed by atoms with Crippen molar-refractivity contribution in [2.75, 3.05) is 0 Å². The summed E-state index contributed by atoms with van der Waals surface area (Å²) in [6.07, 6.45) is 4.55. The Morgan fingerprint density at radius 2 is 1.88 bits per heavy atom. The Morgan fingerprint density at radius 1 is 1.21 bits per heavy atom. The number of hydrogen-bond acceptors (Lipinski definition) is 5. The number of amides is 2. The lowest BCUT2D eigenvalue weighted by molar-refractivity contribution is -0.123. The molecule has 2 heterocycles.